The number of nitrogens with zero attached hydrogens (tertiary/aromatic N) is 1. The first kappa shape index (κ1) is 18.1. The van der Waals surface area contributed by atoms with Crippen molar-refractivity contribution < 1.29 is 17.6 Å². The Morgan fingerprint density at radius 1 is 1.39 bits per heavy atom. The maximum atomic E-state index is 14.3. The normalized spacial score (nSPS) is 16.6. The molecular formula is C14H19ClFN3O3S. The van der Waals surface area contributed by atoms with Crippen LogP contribution >= 0.6 is 11.6 Å². The Hall–Kier alpha value is -1.22. The Morgan fingerprint density at radius 2 is 2.00 bits per heavy atom. The highest BCUT2D eigenvalue weighted by atomic mass is 35.5. The zero-order valence-electron chi connectivity index (χ0n) is 12.9. The van der Waals surface area contributed by atoms with E-state index in [0.717, 1.165) is 25.2 Å². The third-order valence-electron chi connectivity index (χ3n) is 3.81. The molecule has 9 heteroatoms. The van der Waals surface area contributed by atoms with E-state index in [-0.39, 0.29) is 16.8 Å². The van der Waals surface area contributed by atoms with E-state index in [0.29, 0.717) is 12.8 Å². The first-order chi connectivity index (χ1) is 10.7. The molecular weight excluding hydrogens is 345 g/mol. The van der Waals surface area contributed by atoms with Crippen LogP contribution in [-0.4, -0.2) is 44.8 Å². The van der Waals surface area contributed by atoms with Gasteiger partial charge in [0.25, 0.3) is 0 Å². The summed E-state index contributed by atoms with van der Waals surface area (Å²) in [6, 6.07) is 1.77. The molecule has 2 rings (SSSR count). The molecule has 1 aromatic rings. The van der Waals surface area contributed by atoms with Gasteiger partial charge in [0, 0.05) is 26.1 Å². The highest BCUT2D eigenvalue weighted by molar-refractivity contribution is 7.89. The van der Waals surface area contributed by atoms with Gasteiger partial charge in [-0.2, -0.15) is 4.31 Å². The molecule has 1 aliphatic heterocycles. The van der Waals surface area contributed by atoms with Gasteiger partial charge in [0.2, 0.25) is 15.9 Å². The van der Waals surface area contributed by atoms with Gasteiger partial charge in [0.1, 0.15) is 10.7 Å². The van der Waals surface area contributed by atoms with Gasteiger partial charge in [0.15, 0.2) is 0 Å². The van der Waals surface area contributed by atoms with Crippen LogP contribution in [0.2, 0.25) is 5.02 Å². The highest BCUT2D eigenvalue weighted by Crippen LogP contribution is 2.30. The van der Waals surface area contributed by atoms with Crippen molar-refractivity contribution >= 4 is 33.2 Å². The van der Waals surface area contributed by atoms with Crippen LogP contribution in [0.3, 0.4) is 0 Å². The van der Waals surface area contributed by atoms with Gasteiger partial charge >= 0.3 is 0 Å². The molecule has 0 atom stereocenters. The summed E-state index contributed by atoms with van der Waals surface area (Å²) in [7, 11) is -2.56. The Bertz CT molecular complexity index is 705. The quantitative estimate of drug-likeness (QED) is 0.855. The number of hydrogen-bond acceptors (Lipinski definition) is 4. The predicted molar refractivity (Wildman–Crippen MR) is 86.6 cm³/mol. The van der Waals surface area contributed by atoms with Gasteiger partial charge in [-0.15, -0.1) is 0 Å². The number of sulfonamides is 1. The van der Waals surface area contributed by atoms with Crippen molar-refractivity contribution in [3.63, 3.8) is 0 Å². The van der Waals surface area contributed by atoms with Crippen molar-refractivity contribution in [2.45, 2.75) is 30.7 Å². The number of carbonyl (C=O) groups is 1. The number of halogens is 2. The summed E-state index contributed by atoms with van der Waals surface area (Å²) in [5.41, 5.74) is 0.0418. The van der Waals surface area contributed by atoms with Crippen molar-refractivity contribution in [2.24, 2.45) is 0 Å². The van der Waals surface area contributed by atoms with Crippen LogP contribution in [0.15, 0.2) is 17.0 Å². The Labute approximate surface area is 140 Å². The fourth-order valence-corrected chi connectivity index (χ4v) is 4.29. The third-order valence-corrected chi connectivity index (χ3v) is 6.05. The van der Waals surface area contributed by atoms with E-state index in [1.54, 1.807) is 0 Å². The van der Waals surface area contributed by atoms with Crippen molar-refractivity contribution in [1.29, 1.82) is 0 Å². The van der Waals surface area contributed by atoms with E-state index < -0.39 is 26.6 Å². The van der Waals surface area contributed by atoms with E-state index in [4.69, 9.17) is 11.6 Å². The van der Waals surface area contributed by atoms with Crippen molar-refractivity contribution in [1.82, 2.24) is 9.62 Å². The van der Waals surface area contributed by atoms with E-state index in [1.165, 1.54) is 18.3 Å². The fraction of sp³-hybridized carbons (Fsp3) is 0.500. The summed E-state index contributed by atoms with van der Waals surface area (Å²) in [5.74, 6) is -1.37. The molecule has 0 radical (unpaired) electrons. The molecule has 0 saturated carbocycles. The molecule has 6 nitrogen and oxygen atoms in total. The number of hydrogen-bond donors (Lipinski definition) is 2. The summed E-state index contributed by atoms with van der Waals surface area (Å²) in [4.78, 5) is 10.6. The molecule has 128 valence electrons. The maximum Gasteiger partial charge on any atom is 0.246 e. The number of amides is 1. The molecule has 1 amide bonds. The van der Waals surface area contributed by atoms with Gasteiger partial charge in [0.05, 0.1) is 10.7 Å². The second-order valence-corrected chi connectivity index (χ2v) is 7.82. The van der Waals surface area contributed by atoms with E-state index in [9.17, 15) is 17.6 Å². The first-order valence-electron chi connectivity index (χ1n) is 7.19. The maximum absolute atomic E-state index is 14.3. The van der Waals surface area contributed by atoms with Gasteiger partial charge in [-0.25, -0.2) is 12.8 Å². The van der Waals surface area contributed by atoms with Gasteiger partial charge in [-0.05, 0) is 32.0 Å². The largest absolute Gasteiger partial charge is 0.325 e. The predicted octanol–water partition coefficient (Wildman–Crippen LogP) is 1.81. The number of carbonyl (C=O) groups excluding carboxylic acids is 1. The zero-order chi connectivity index (χ0) is 17.2. The van der Waals surface area contributed by atoms with Crippen LogP contribution in [0.25, 0.3) is 0 Å². The van der Waals surface area contributed by atoms with Gasteiger partial charge < -0.3 is 10.6 Å². The SMILES string of the molecule is CC(=O)Nc1cc(F)c(S(=O)(=O)N(C)C2CCNCC2)cc1Cl. The van der Waals surface area contributed by atoms with Crippen molar-refractivity contribution in [3.05, 3.63) is 23.0 Å². The molecule has 1 aliphatic rings. The molecule has 23 heavy (non-hydrogen) atoms. The lowest BCUT2D eigenvalue weighted by Crippen LogP contribution is -2.44. The summed E-state index contributed by atoms with van der Waals surface area (Å²) >= 11 is 5.97. The van der Waals surface area contributed by atoms with Gasteiger partial charge in [-0.3, -0.25) is 4.79 Å². The molecule has 0 spiro atoms. The van der Waals surface area contributed by atoms with Crippen LogP contribution in [0.4, 0.5) is 10.1 Å². The molecule has 1 heterocycles. The van der Waals surface area contributed by atoms with E-state index in [1.807, 2.05) is 0 Å². The number of benzene rings is 1. The Kier molecular flexibility index (Phi) is 5.61. The van der Waals surface area contributed by atoms with E-state index in [2.05, 4.69) is 10.6 Å². The minimum atomic E-state index is -4.00. The summed E-state index contributed by atoms with van der Waals surface area (Å²) in [6.45, 7) is 2.69. The Morgan fingerprint density at radius 3 is 2.57 bits per heavy atom. The van der Waals surface area contributed by atoms with Gasteiger partial charge in [-0.1, -0.05) is 11.6 Å². The van der Waals surface area contributed by atoms with Crippen LogP contribution in [0.1, 0.15) is 19.8 Å². The van der Waals surface area contributed by atoms with Crippen molar-refractivity contribution in [2.75, 3.05) is 25.5 Å². The minimum absolute atomic E-state index is 0.0288. The summed E-state index contributed by atoms with van der Waals surface area (Å²) < 4.78 is 40.8. The average molecular weight is 364 g/mol. The molecule has 0 bridgehead atoms. The molecule has 1 fully saturated rings. The van der Waals surface area contributed by atoms with E-state index >= 15 is 0 Å². The number of rotatable bonds is 4. The third kappa shape index (κ3) is 4.00. The second kappa shape index (κ2) is 7.12. The number of piperidine rings is 1. The number of anilines is 1. The summed E-state index contributed by atoms with van der Waals surface area (Å²) in [6.07, 6.45) is 1.32. The zero-order valence-corrected chi connectivity index (χ0v) is 14.5. The second-order valence-electron chi connectivity index (χ2n) is 5.45. The van der Waals surface area contributed by atoms with Crippen LogP contribution in [-0.2, 0) is 14.8 Å². The first-order valence-corrected chi connectivity index (χ1v) is 9.00. The Balaban J connectivity index is 2.35. The molecule has 0 unspecified atom stereocenters. The molecule has 0 aliphatic carbocycles. The lowest BCUT2D eigenvalue weighted by molar-refractivity contribution is -0.114. The average Bonchev–Trinajstić information content (AvgIpc) is 2.50. The molecule has 0 aromatic heterocycles. The lowest BCUT2D eigenvalue weighted by atomic mass is 10.1. The minimum Gasteiger partial charge on any atom is -0.325 e. The number of nitrogens with one attached hydrogen (secondary N) is 2. The fourth-order valence-electron chi connectivity index (χ4n) is 2.53. The lowest BCUT2D eigenvalue weighted by Gasteiger charge is -2.31. The molecule has 2 N–H and O–H groups in total. The summed E-state index contributed by atoms with van der Waals surface area (Å²) in [5, 5.41) is 5.48. The van der Waals surface area contributed by atoms with Crippen LogP contribution < -0.4 is 10.6 Å². The standard InChI is InChI=1S/C14H19ClFN3O3S/c1-9(20)18-13-8-12(16)14(7-11(13)15)23(21,22)19(2)10-3-5-17-6-4-10/h7-8,10,17H,3-6H2,1-2H3,(H,18,20). The van der Waals surface area contributed by atoms with Crippen LogP contribution in [0, 0.1) is 5.82 Å². The molecule has 1 saturated heterocycles. The molecule has 1 aromatic carbocycles. The van der Waals surface area contributed by atoms with Crippen LogP contribution in [0.5, 0.6) is 0 Å². The van der Waals surface area contributed by atoms with Crippen molar-refractivity contribution in [3.8, 4) is 0 Å². The monoisotopic (exact) mass is 363 g/mol. The topological polar surface area (TPSA) is 78.5 Å². The highest BCUT2D eigenvalue weighted by Gasteiger charge is 2.31. The smallest absolute Gasteiger partial charge is 0.246 e.